The Morgan fingerprint density at radius 3 is 2.61 bits per heavy atom. The predicted octanol–water partition coefficient (Wildman–Crippen LogP) is 3.82. The van der Waals surface area contributed by atoms with Gasteiger partial charge in [0.25, 0.3) is 5.56 Å². The van der Waals surface area contributed by atoms with Gasteiger partial charge in [-0.1, -0.05) is 26.2 Å². The third kappa shape index (κ3) is 4.51. The fraction of sp³-hybridized carbons (Fsp3) is 0.619. The van der Waals surface area contributed by atoms with E-state index in [2.05, 4.69) is 27.3 Å². The summed E-state index contributed by atoms with van der Waals surface area (Å²) in [5.74, 6) is 1.69. The first-order valence-electron chi connectivity index (χ1n) is 10.3. The average Bonchev–Trinajstić information content (AvgIpc) is 3.04. The van der Waals surface area contributed by atoms with Gasteiger partial charge in [-0.05, 0) is 52.4 Å². The van der Waals surface area contributed by atoms with Crippen molar-refractivity contribution < 1.29 is 4.79 Å². The molecular formula is C21H31N5O2. The molecular weight excluding hydrogens is 354 g/mol. The van der Waals surface area contributed by atoms with Crippen LogP contribution in [0.3, 0.4) is 0 Å². The van der Waals surface area contributed by atoms with Gasteiger partial charge in [-0.25, -0.2) is 4.98 Å². The van der Waals surface area contributed by atoms with E-state index >= 15 is 0 Å². The second-order valence-electron chi connectivity index (χ2n) is 8.03. The third-order valence-electron chi connectivity index (χ3n) is 5.85. The number of carbonyl (C=O) groups excluding carboxylic acids is 1. The van der Waals surface area contributed by atoms with Gasteiger partial charge < -0.3 is 5.32 Å². The number of aromatic amines is 1. The molecule has 2 N–H and O–H groups in total. The van der Waals surface area contributed by atoms with Crippen molar-refractivity contribution >= 4 is 11.7 Å². The first-order chi connectivity index (χ1) is 13.4. The van der Waals surface area contributed by atoms with Crippen molar-refractivity contribution in [3.63, 3.8) is 0 Å². The van der Waals surface area contributed by atoms with Crippen LogP contribution >= 0.6 is 0 Å². The van der Waals surface area contributed by atoms with E-state index in [4.69, 9.17) is 0 Å². The molecule has 2 aromatic rings. The van der Waals surface area contributed by atoms with Crippen LogP contribution < -0.4 is 10.9 Å². The quantitative estimate of drug-likeness (QED) is 0.791. The minimum absolute atomic E-state index is 0.0290. The highest BCUT2D eigenvalue weighted by Crippen LogP contribution is 2.32. The summed E-state index contributed by atoms with van der Waals surface area (Å²) in [4.78, 5) is 32.1. The second kappa shape index (κ2) is 8.71. The number of carbonyl (C=O) groups is 1. The molecule has 1 fully saturated rings. The smallest absolute Gasteiger partial charge is 0.255 e. The fourth-order valence-electron chi connectivity index (χ4n) is 3.91. The monoisotopic (exact) mass is 385 g/mol. The summed E-state index contributed by atoms with van der Waals surface area (Å²) in [5.41, 5.74) is 1.78. The van der Waals surface area contributed by atoms with Crippen LogP contribution in [-0.4, -0.2) is 25.7 Å². The molecule has 0 bridgehead atoms. The molecule has 1 aliphatic carbocycles. The minimum Gasteiger partial charge on any atom is -0.310 e. The van der Waals surface area contributed by atoms with Gasteiger partial charge in [-0.3, -0.25) is 14.6 Å². The minimum atomic E-state index is -0.196. The van der Waals surface area contributed by atoms with Crippen LogP contribution in [0.5, 0.6) is 0 Å². The van der Waals surface area contributed by atoms with E-state index in [1.165, 1.54) is 23.9 Å². The van der Waals surface area contributed by atoms with E-state index in [1.54, 1.807) is 19.9 Å². The highest BCUT2D eigenvalue weighted by molar-refractivity contribution is 5.92. The molecule has 0 atom stereocenters. The molecule has 2 aromatic heterocycles. The van der Waals surface area contributed by atoms with Gasteiger partial charge in [-0.2, -0.15) is 9.78 Å². The summed E-state index contributed by atoms with van der Waals surface area (Å²) < 4.78 is 1.51. The van der Waals surface area contributed by atoms with Crippen molar-refractivity contribution in [3.8, 4) is 5.95 Å². The molecule has 2 heterocycles. The number of rotatable bonds is 6. The van der Waals surface area contributed by atoms with E-state index < -0.39 is 0 Å². The molecule has 1 amide bonds. The van der Waals surface area contributed by atoms with E-state index in [0.29, 0.717) is 23.0 Å². The molecule has 0 unspecified atom stereocenters. The van der Waals surface area contributed by atoms with Crippen LogP contribution in [-0.2, 0) is 4.79 Å². The van der Waals surface area contributed by atoms with Crippen molar-refractivity contribution in [3.05, 3.63) is 33.4 Å². The number of hydrogen-bond donors (Lipinski definition) is 2. The van der Waals surface area contributed by atoms with Crippen molar-refractivity contribution in [1.29, 1.82) is 0 Å². The molecule has 1 saturated carbocycles. The number of aryl methyl sites for hydroxylation is 2. The van der Waals surface area contributed by atoms with Crippen LogP contribution in [0.4, 0.5) is 5.82 Å². The van der Waals surface area contributed by atoms with E-state index in [9.17, 15) is 9.59 Å². The standard InChI is InChI=1S/C21H31N5O2/c1-5-6-7-16-8-10-17(11-9-16)20(28)23-18-12-13(2)25-26(18)21-22-15(4)14(3)19(27)24-21/h12,16-17H,5-11H2,1-4H3,(H,23,28)(H,22,24,27). The molecule has 3 rings (SSSR count). The Morgan fingerprint density at radius 1 is 1.25 bits per heavy atom. The Labute approximate surface area is 166 Å². The predicted molar refractivity (Wildman–Crippen MR) is 110 cm³/mol. The van der Waals surface area contributed by atoms with Crippen molar-refractivity contribution in [2.75, 3.05) is 5.32 Å². The van der Waals surface area contributed by atoms with Gasteiger partial charge in [0.05, 0.1) is 5.69 Å². The fourth-order valence-corrected chi connectivity index (χ4v) is 3.91. The highest BCUT2D eigenvalue weighted by Gasteiger charge is 2.27. The van der Waals surface area contributed by atoms with Crippen LogP contribution in [0.25, 0.3) is 5.95 Å². The van der Waals surface area contributed by atoms with Crippen LogP contribution in [0.15, 0.2) is 10.9 Å². The molecule has 0 radical (unpaired) electrons. The molecule has 7 heteroatoms. The number of aromatic nitrogens is 4. The molecule has 0 saturated heterocycles. The summed E-state index contributed by atoms with van der Waals surface area (Å²) in [7, 11) is 0. The number of amides is 1. The lowest BCUT2D eigenvalue weighted by molar-refractivity contribution is -0.121. The summed E-state index contributed by atoms with van der Waals surface area (Å²) in [6.45, 7) is 7.60. The highest BCUT2D eigenvalue weighted by atomic mass is 16.2. The zero-order valence-corrected chi connectivity index (χ0v) is 17.3. The molecule has 152 valence electrons. The molecule has 0 aliphatic heterocycles. The Balaban J connectivity index is 1.72. The van der Waals surface area contributed by atoms with Gasteiger partial charge in [0.15, 0.2) is 0 Å². The molecule has 28 heavy (non-hydrogen) atoms. The summed E-state index contributed by atoms with van der Waals surface area (Å²) in [6.07, 6.45) is 7.92. The average molecular weight is 386 g/mol. The van der Waals surface area contributed by atoms with Gasteiger partial charge in [0.2, 0.25) is 11.9 Å². The number of nitrogens with one attached hydrogen (secondary N) is 2. The largest absolute Gasteiger partial charge is 0.310 e. The zero-order chi connectivity index (χ0) is 20.3. The number of H-pyrrole nitrogens is 1. The van der Waals surface area contributed by atoms with Crippen LogP contribution in [0.1, 0.15) is 68.8 Å². The Kier molecular flexibility index (Phi) is 6.31. The lowest BCUT2D eigenvalue weighted by atomic mass is 9.79. The van der Waals surface area contributed by atoms with Gasteiger partial charge in [0, 0.05) is 23.2 Å². The van der Waals surface area contributed by atoms with Gasteiger partial charge >= 0.3 is 0 Å². The van der Waals surface area contributed by atoms with E-state index in [0.717, 1.165) is 37.3 Å². The molecule has 0 aromatic carbocycles. The zero-order valence-electron chi connectivity index (χ0n) is 17.3. The second-order valence-corrected chi connectivity index (χ2v) is 8.03. The Bertz CT molecular complexity index is 891. The van der Waals surface area contributed by atoms with Gasteiger partial charge in [-0.15, -0.1) is 0 Å². The van der Waals surface area contributed by atoms with Crippen LogP contribution in [0.2, 0.25) is 0 Å². The van der Waals surface area contributed by atoms with Crippen LogP contribution in [0, 0.1) is 32.6 Å². The SMILES string of the molecule is CCCCC1CCC(C(=O)Nc2cc(C)nn2-c2nc(C)c(C)c(=O)[nH]2)CC1. The van der Waals surface area contributed by atoms with E-state index in [-0.39, 0.29) is 17.4 Å². The molecule has 0 spiro atoms. The summed E-state index contributed by atoms with van der Waals surface area (Å²) >= 11 is 0. The molecule has 1 aliphatic rings. The first kappa shape index (κ1) is 20.3. The maximum absolute atomic E-state index is 12.8. The maximum atomic E-state index is 12.8. The number of anilines is 1. The van der Waals surface area contributed by atoms with Crippen molar-refractivity contribution in [2.24, 2.45) is 11.8 Å². The first-order valence-corrected chi connectivity index (χ1v) is 10.3. The maximum Gasteiger partial charge on any atom is 0.255 e. The number of unbranched alkanes of at least 4 members (excludes halogenated alkanes) is 1. The Morgan fingerprint density at radius 2 is 1.96 bits per heavy atom. The topological polar surface area (TPSA) is 92.7 Å². The summed E-state index contributed by atoms with van der Waals surface area (Å²) in [6, 6.07) is 1.81. The molecule has 7 nitrogen and oxygen atoms in total. The Hall–Kier alpha value is -2.44. The third-order valence-corrected chi connectivity index (χ3v) is 5.85. The number of hydrogen-bond acceptors (Lipinski definition) is 4. The summed E-state index contributed by atoms with van der Waals surface area (Å²) in [5, 5.41) is 7.42. The lowest BCUT2D eigenvalue weighted by Gasteiger charge is -2.27. The normalized spacial score (nSPS) is 19.6. The lowest BCUT2D eigenvalue weighted by Crippen LogP contribution is -2.28. The van der Waals surface area contributed by atoms with Crippen molar-refractivity contribution in [1.82, 2.24) is 19.7 Å². The van der Waals surface area contributed by atoms with Crippen molar-refractivity contribution in [2.45, 2.75) is 72.6 Å². The number of nitrogens with zero attached hydrogens (tertiary/aromatic N) is 3. The van der Waals surface area contributed by atoms with Gasteiger partial charge in [0.1, 0.15) is 5.82 Å². The van der Waals surface area contributed by atoms with E-state index in [1.807, 2.05) is 6.92 Å².